The van der Waals surface area contributed by atoms with Crippen LogP contribution in [0.15, 0.2) is 0 Å². The van der Waals surface area contributed by atoms with Crippen LogP contribution in [0, 0.1) is 0 Å². The minimum Gasteiger partial charge on any atom is -0.479 e. The average molecular weight is 243 g/mol. The van der Waals surface area contributed by atoms with Gasteiger partial charge in [0.15, 0.2) is 6.10 Å². The predicted molar refractivity (Wildman–Crippen MR) is 57.5 cm³/mol. The molecule has 0 saturated carbocycles. The fourth-order valence-corrected chi connectivity index (χ4v) is 2.17. The molecule has 2 atom stereocenters. The Balaban J connectivity index is 1.89. The summed E-state index contributed by atoms with van der Waals surface area (Å²) in [6, 6.07) is 0. The molecule has 0 radical (unpaired) electrons. The van der Waals surface area contributed by atoms with Crippen LogP contribution in [0.1, 0.15) is 19.3 Å². The van der Waals surface area contributed by atoms with E-state index in [2.05, 4.69) is 0 Å². The third-order valence-corrected chi connectivity index (χ3v) is 3.10. The lowest BCUT2D eigenvalue weighted by molar-refractivity contribution is -0.154. The number of rotatable bonds is 2. The Morgan fingerprint density at radius 1 is 1.12 bits per heavy atom. The van der Waals surface area contributed by atoms with E-state index in [1.54, 1.807) is 4.90 Å². The third kappa shape index (κ3) is 2.95. The Bertz CT molecular complexity index is 298. The van der Waals surface area contributed by atoms with E-state index in [1.165, 1.54) is 0 Å². The largest absolute Gasteiger partial charge is 0.479 e. The first-order chi connectivity index (χ1) is 8.18. The lowest BCUT2D eigenvalue weighted by atomic mass is 10.2. The van der Waals surface area contributed by atoms with Gasteiger partial charge in [0.05, 0.1) is 6.61 Å². The Kier molecular flexibility index (Phi) is 3.96. The van der Waals surface area contributed by atoms with Crippen molar-refractivity contribution in [1.82, 2.24) is 4.90 Å². The molecule has 1 N–H and O–H groups in total. The van der Waals surface area contributed by atoms with Crippen LogP contribution in [0.3, 0.4) is 0 Å². The lowest BCUT2D eigenvalue weighted by Gasteiger charge is -2.23. The molecule has 0 aliphatic carbocycles. The standard InChI is InChI=1S/C11H17NO5/c13-10(12-4-1-6-16-7-5-12)8-2-3-9(17-8)11(14)15/h8-9H,1-7H2,(H,14,15). The number of amides is 1. The Labute approximate surface area is 99.5 Å². The summed E-state index contributed by atoms with van der Waals surface area (Å²) in [5, 5.41) is 8.80. The Hall–Kier alpha value is -1.14. The molecule has 2 aliphatic rings. The number of hydrogen-bond acceptors (Lipinski definition) is 4. The highest BCUT2D eigenvalue weighted by Crippen LogP contribution is 2.22. The molecule has 2 fully saturated rings. The molecule has 0 aromatic heterocycles. The highest BCUT2D eigenvalue weighted by molar-refractivity contribution is 5.82. The molecule has 0 bridgehead atoms. The zero-order chi connectivity index (χ0) is 12.3. The summed E-state index contributed by atoms with van der Waals surface area (Å²) in [6.07, 6.45) is 0.311. The maximum Gasteiger partial charge on any atom is 0.332 e. The number of carboxylic acid groups (broad SMARTS) is 1. The van der Waals surface area contributed by atoms with E-state index in [4.69, 9.17) is 14.6 Å². The average Bonchev–Trinajstić information content (AvgIpc) is 2.65. The number of nitrogens with zero attached hydrogens (tertiary/aromatic N) is 1. The number of carbonyl (C=O) groups excluding carboxylic acids is 1. The fourth-order valence-electron chi connectivity index (χ4n) is 2.17. The molecule has 6 heteroatoms. The van der Waals surface area contributed by atoms with E-state index in [0.717, 1.165) is 6.42 Å². The molecule has 1 amide bonds. The van der Waals surface area contributed by atoms with Gasteiger partial charge >= 0.3 is 5.97 Å². The van der Waals surface area contributed by atoms with E-state index in [0.29, 0.717) is 39.1 Å². The molecule has 2 rings (SSSR count). The molecule has 0 aromatic carbocycles. The first-order valence-corrected chi connectivity index (χ1v) is 5.93. The van der Waals surface area contributed by atoms with Gasteiger partial charge in [-0.05, 0) is 19.3 Å². The second-order valence-electron chi connectivity index (χ2n) is 4.32. The molecular weight excluding hydrogens is 226 g/mol. The summed E-state index contributed by atoms with van der Waals surface area (Å²) in [6.45, 7) is 2.45. The minimum atomic E-state index is -0.987. The van der Waals surface area contributed by atoms with Crippen molar-refractivity contribution in [3.8, 4) is 0 Å². The Morgan fingerprint density at radius 2 is 1.88 bits per heavy atom. The van der Waals surface area contributed by atoms with Crippen LogP contribution >= 0.6 is 0 Å². The normalized spacial score (nSPS) is 30.0. The van der Waals surface area contributed by atoms with Gasteiger partial charge in [0.25, 0.3) is 5.91 Å². The van der Waals surface area contributed by atoms with Crippen LogP contribution in [0.4, 0.5) is 0 Å². The van der Waals surface area contributed by atoms with Gasteiger partial charge in [0, 0.05) is 19.7 Å². The molecule has 6 nitrogen and oxygen atoms in total. The number of hydrogen-bond donors (Lipinski definition) is 1. The van der Waals surface area contributed by atoms with Gasteiger partial charge in [-0.2, -0.15) is 0 Å². The summed E-state index contributed by atoms with van der Waals surface area (Å²) >= 11 is 0. The van der Waals surface area contributed by atoms with E-state index < -0.39 is 18.2 Å². The van der Waals surface area contributed by atoms with E-state index in [-0.39, 0.29) is 5.91 Å². The van der Waals surface area contributed by atoms with E-state index in [9.17, 15) is 9.59 Å². The molecule has 0 aromatic rings. The second-order valence-corrected chi connectivity index (χ2v) is 4.32. The summed E-state index contributed by atoms with van der Waals surface area (Å²) < 4.78 is 10.5. The van der Waals surface area contributed by atoms with Crippen molar-refractivity contribution in [2.24, 2.45) is 0 Å². The fraction of sp³-hybridized carbons (Fsp3) is 0.818. The van der Waals surface area contributed by atoms with Gasteiger partial charge in [-0.25, -0.2) is 4.79 Å². The predicted octanol–water partition coefficient (Wildman–Crippen LogP) is -0.133. The van der Waals surface area contributed by atoms with Gasteiger partial charge in [0.2, 0.25) is 0 Å². The second kappa shape index (κ2) is 5.46. The monoisotopic (exact) mass is 243 g/mol. The van der Waals surface area contributed by atoms with Crippen LogP contribution < -0.4 is 0 Å². The Morgan fingerprint density at radius 3 is 2.59 bits per heavy atom. The highest BCUT2D eigenvalue weighted by Gasteiger charge is 2.36. The van der Waals surface area contributed by atoms with Crippen molar-refractivity contribution in [3.63, 3.8) is 0 Å². The van der Waals surface area contributed by atoms with Gasteiger partial charge in [-0.1, -0.05) is 0 Å². The summed E-state index contributed by atoms with van der Waals surface area (Å²) in [5.41, 5.74) is 0. The summed E-state index contributed by atoms with van der Waals surface area (Å²) in [7, 11) is 0. The third-order valence-electron chi connectivity index (χ3n) is 3.10. The zero-order valence-corrected chi connectivity index (χ0v) is 9.63. The van der Waals surface area contributed by atoms with Crippen molar-refractivity contribution in [1.29, 1.82) is 0 Å². The summed E-state index contributed by atoms with van der Waals surface area (Å²) in [4.78, 5) is 24.5. The molecule has 2 saturated heterocycles. The van der Waals surface area contributed by atoms with Crippen LogP contribution in [-0.2, 0) is 19.1 Å². The van der Waals surface area contributed by atoms with Crippen molar-refractivity contribution >= 4 is 11.9 Å². The van der Waals surface area contributed by atoms with Crippen molar-refractivity contribution in [2.45, 2.75) is 31.5 Å². The molecule has 96 valence electrons. The topological polar surface area (TPSA) is 76.1 Å². The SMILES string of the molecule is O=C(O)C1CCC(C(=O)N2CCCOCC2)O1. The summed E-state index contributed by atoms with van der Waals surface area (Å²) in [5.74, 6) is -1.08. The minimum absolute atomic E-state index is 0.0979. The van der Waals surface area contributed by atoms with Crippen molar-refractivity contribution in [2.75, 3.05) is 26.3 Å². The molecule has 0 spiro atoms. The zero-order valence-electron chi connectivity index (χ0n) is 9.63. The maximum atomic E-state index is 12.1. The first kappa shape index (κ1) is 12.3. The van der Waals surface area contributed by atoms with Crippen LogP contribution in [0.2, 0.25) is 0 Å². The van der Waals surface area contributed by atoms with Crippen LogP contribution in [0.25, 0.3) is 0 Å². The molecule has 2 aliphatic heterocycles. The number of carboxylic acids is 1. The smallest absolute Gasteiger partial charge is 0.332 e. The molecule has 2 unspecified atom stereocenters. The number of ether oxygens (including phenoxy) is 2. The number of aliphatic carboxylic acids is 1. The van der Waals surface area contributed by atoms with Gasteiger partial charge < -0.3 is 19.5 Å². The first-order valence-electron chi connectivity index (χ1n) is 5.93. The van der Waals surface area contributed by atoms with E-state index in [1.807, 2.05) is 0 Å². The van der Waals surface area contributed by atoms with E-state index >= 15 is 0 Å². The van der Waals surface area contributed by atoms with Gasteiger partial charge in [0.1, 0.15) is 6.10 Å². The van der Waals surface area contributed by atoms with Gasteiger partial charge in [-0.15, -0.1) is 0 Å². The molecule has 2 heterocycles. The van der Waals surface area contributed by atoms with Crippen LogP contribution in [-0.4, -0.2) is 60.4 Å². The van der Waals surface area contributed by atoms with Crippen molar-refractivity contribution in [3.05, 3.63) is 0 Å². The van der Waals surface area contributed by atoms with Crippen molar-refractivity contribution < 1.29 is 24.2 Å². The lowest BCUT2D eigenvalue weighted by Crippen LogP contribution is -2.41. The quantitative estimate of drug-likeness (QED) is 0.731. The van der Waals surface area contributed by atoms with Crippen LogP contribution in [0.5, 0.6) is 0 Å². The number of carbonyl (C=O) groups is 2. The molecular formula is C11H17NO5. The highest BCUT2D eigenvalue weighted by atomic mass is 16.5. The maximum absolute atomic E-state index is 12.1. The molecule has 17 heavy (non-hydrogen) atoms. The van der Waals surface area contributed by atoms with Gasteiger partial charge in [-0.3, -0.25) is 4.79 Å².